The van der Waals surface area contributed by atoms with Crippen LogP contribution in [0.3, 0.4) is 0 Å². The predicted molar refractivity (Wildman–Crippen MR) is 170 cm³/mol. The van der Waals surface area contributed by atoms with Crippen LogP contribution in [0.4, 0.5) is 21.9 Å². The molecule has 1 aliphatic rings. The number of anilines is 3. The Morgan fingerprint density at radius 3 is 2.36 bits per heavy atom. The lowest BCUT2D eigenvalue weighted by molar-refractivity contribution is -0.136. The lowest BCUT2D eigenvalue weighted by Crippen LogP contribution is -2.42. The van der Waals surface area contributed by atoms with E-state index >= 15 is 0 Å². The van der Waals surface area contributed by atoms with Gasteiger partial charge in [0.2, 0.25) is 5.91 Å². The van der Waals surface area contributed by atoms with Gasteiger partial charge in [-0.2, -0.15) is 0 Å². The molecule has 0 aromatic heterocycles. The van der Waals surface area contributed by atoms with E-state index in [0.717, 1.165) is 24.9 Å². The number of amides is 4. The van der Waals surface area contributed by atoms with Crippen LogP contribution in [0.5, 0.6) is 5.75 Å². The number of carbonyl (C=O) groups excluding carboxylic acids is 3. The fourth-order valence-electron chi connectivity index (χ4n) is 5.36. The molecule has 0 bridgehead atoms. The molecule has 4 amide bonds. The van der Waals surface area contributed by atoms with Gasteiger partial charge < -0.3 is 30.3 Å². The molecule has 0 saturated heterocycles. The van der Waals surface area contributed by atoms with E-state index in [1.54, 1.807) is 54.4 Å². The van der Waals surface area contributed by atoms with E-state index in [0.29, 0.717) is 35.2 Å². The Bertz CT molecular complexity index is 1420. The molecule has 4 rings (SSSR count). The van der Waals surface area contributed by atoms with Crippen molar-refractivity contribution in [3.8, 4) is 5.75 Å². The first-order chi connectivity index (χ1) is 21.3. The third-order valence-electron chi connectivity index (χ3n) is 7.75. The van der Waals surface area contributed by atoms with Gasteiger partial charge in [0.15, 0.2) is 6.61 Å². The highest BCUT2D eigenvalue weighted by atomic mass is 16.5. The van der Waals surface area contributed by atoms with Crippen molar-refractivity contribution >= 4 is 40.9 Å². The summed E-state index contributed by atoms with van der Waals surface area (Å²) in [5, 5.41) is 14.3. The first-order valence-electron chi connectivity index (χ1n) is 15.0. The maximum absolute atomic E-state index is 13.6. The Labute approximate surface area is 258 Å². The highest BCUT2D eigenvalue weighted by Crippen LogP contribution is 2.31. The predicted octanol–water partition coefficient (Wildman–Crippen LogP) is 5.48. The molecular formula is C34H40N4O6. The maximum Gasteiger partial charge on any atom is 0.319 e. The van der Waals surface area contributed by atoms with Gasteiger partial charge in [-0.25, -0.2) is 4.79 Å². The third kappa shape index (κ3) is 9.58. The van der Waals surface area contributed by atoms with Crippen molar-refractivity contribution in [3.63, 3.8) is 0 Å². The summed E-state index contributed by atoms with van der Waals surface area (Å²) in [5.41, 5.74) is 2.25. The summed E-state index contributed by atoms with van der Waals surface area (Å²) in [6, 6.07) is 22.4. The number of ether oxygens (including phenoxy) is 1. The molecule has 0 unspecified atom stereocenters. The topological polar surface area (TPSA) is 128 Å². The lowest BCUT2D eigenvalue weighted by Gasteiger charge is -2.29. The molecule has 3 N–H and O–H groups in total. The number of urea groups is 1. The van der Waals surface area contributed by atoms with Crippen LogP contribution in [-0.4, -0.2) is 55.7 Å². The quantitative estimate of drug-likeness (QED) is 0.238. The second-order valence-electron chi connectivity index (χ2n) is 11.0. The average molecular weight is 601 g/mol. The van der Waals surface area contributed by atoms with E-state index < -0.39 is 12.0 Å². The van der Waals surface area contributed by atoms with Crippen LogP contribution in [0.1, 0.15) is 44.1 Å². The second-order valence-corrected chi connectivity index (χ2v) is 11.0. The van der Waals surface area contributed by atoms with Crippen LogP contribution in [0, 0.1) is 5.92 Å². The van der Waals surface area contributed by atoms with Crippen molar-refractivity contribution in [1.29, 1.82) is 0 Å². The zero-order chi connectivity index (χ0) is 31.3. The van der Waals surface area contributed by atoms with Crippen LogP contribution in [0.2, 0.25) is 0 Å². The van der Waals surface area contributed by atoms with E-state index in [2.05, 4.69) is 10.6 Å². The zero-order valence-electron chi connectivity index (χ0n) is 25.0. The van der Waals surface area contributed by atoms with Gasteiger partial charge in [0.25, 0.3) is 5.91 Å². The molecule has 0 heterocycles. The highest BCUT2D eigenvalue weighted by Gasteiger charge is 2.23. The monoisotopic (exact) mass is 600 g/mol. The summed E-state index contributed by atoms with van der Waals surface area (Å²) in [7, 11) is 1.69. The summed E-state index contributed by atoms with van der Waals surface area (Å²) in [6.07, 6.45) is 6.51. The molecule has 1 fully saturated rings. The SMILES string of the molecule is CN(C(=O)COc1ccccc1N(CCC1CCCCC1)C(=O)CNC(=O)Nc1cccc(CC(=O)O)c1)c1ccccc1. The van der Waals surface area contributed by atoms with Crippen LogP contribution in [0.15, 0.2) is 78.9 Å². The molecule has 0 radical (unpaired) electrons. The van der Waals surface area contributed by atoms with Crippen molar-refractivity contribution in [2.45, 2.75) is 44.9 Å². The van der Waals surface area contributed by atoms with E-state index in [-0.39, 0.29) is 31.4 Å². The van der Waals surface area contributed by atoms with Crippen LogP contribution >= 0.6 is 0 Å². The number of para-hydroxylation sites is 3. The Morgan fingerprint density at radius 2 is 1.61 bits per heavy atom. The Hall–Kier alpha value is -4.86. The van der Waals surface area contributed by atoms with Gasteiger partial charge in [-0.05, 0) is 54.3 Å². The number of hydrogen-bond acceptors (Lipinski definition) is 5. The van der Waals surface area contributed by atoms with Gasteiger partial charge in [-0.3, -0.25) is 14.4 Å². The normalized spacial score (nSPS) is 13.0. The zero-order valence-corrected chi connectivity index (χ0v) is 25.0. The average Bonchev–Trinajstić information content (AvgIpc) is 3.03. The van der Waals surface area contributed by atoms with E-state index in [1.807, 2.05) is 36.4 Å². The number of rotatable bonds is 13. The molecule has 10 heteroatoms. The van der Waals surface area contributed by atoms with Crippen molar-refractivity contribution in [1.82, 2.24) is 5.32 Å². The fraction of sp³-hybridized carbons (Fsp3) is 0.353. The van der Waals surface area contributed by atoms with Crippen LogP contribution in [0.25, 0.3) is 0 Å². The van der Waals surface area contributed by atoms with Gasteiger partial charge in [0, 0.05) is 25.0 Å². The Kier molecular flexibility index (Phi) is 11.7. The van der Waals surface area contributed by atoms with Gasteiger partial charge in [-0.15, -0.1) is 0 Å². The molecule has 232 valence electrons. The largest absolute Gasteiger partial charge is 0.482 e. The number of likely N-dealkylation sites (N-methyl/N-ethyl adjacent to an activating group) is 1. The number of carbonyl (C=O) groups is 4. The number of nitrogens with zero attached hydrogens (tertiary/aromatic N) is 2. The Balaban J connectivity index is 1.43. The first kappa shape index (κ1) is 32.1. The number of carboxylic acids is 1. The standard InChI is InChI=1S/C34H40N4O6/c1-37(28-15-6-3-7-16-28)32(40)24-44-30-18-9-8-17-29(30)38(20-19-25-11-4-2-5-12-25)31(39)23-35-34(43)36-27-14-10-13-26(21-27)22-33(41)42/h3,6-10,13-18,21,25H,2,4-5,11-12,19-20,22-24H2,1H3,(H,41,42)(H2,35,36,43). The summed E-state index contributed by atoms with van der Waals surface area (Å²) in [5.74, 6) is -0.611. The number of hydrogen-bond donors (Lipinski definition) is 3. The molecular weight excluding hydrogens is 560 g/mol. The maximum atomic E-state index is 13.6. The second kappa shape index (κ2) is 16.1. The fourth-order valence-corrected chi connectivity index (χ4v) is 5.36. The molecule has 1 saturated carbocycles. The minimum Gasteiger partial charge on any atom is -0.482 e. The van der Waals surface area contributed by atoms with Gasteiger partial charge in [0.1, 0.15) is 5.75 Å². The molecule has 0 atom stereocenters. The van der Waals surface area contributed by atoms with E-state index in [1.165, 1.54) is 24.2 Å². The smallest absolute Gasteiger partial charge is 0.319 e. The minimum atomic E-state index is -0.970. The molecule has 0 aliphatic heterocycles. The summed E-state index contributed by atoms with van der Waals surface area (Å²) >= 11 is 0. The van der Waals surface area contributed by atoms with Crippen molar-refractivity contribution in [2.24, 2.45) is 5.92 Å². The van der Waals surface area contributed by atoms with E-state index in [4.69, 9.17) is 9.84 Å². The van der Waals surface area contributed by atoms with Gasteiger partial charge in [-0.1, -0.05) is 74.6 Å². The van der Waals surface area contributed by atoms with Gasteiger partial charge >= 0.3 is 12.0 Å². The number of nitrogens with one attached hydrogen (secondary N) is 2. The minimum absolute atomic E-state index is 0.165. The third-order valence-corrected chi connectivity index (χ3v) is 7.75. The molecule has 44 heavy (non-hydrogen) atoms. The number of carboxylic acid groups (broad SMARTS) is 1. The van der Waals surface area contributed by atoms with Crippen LogP contribution < -0.4 is 25.2 Å². The van der Waals surface area contributed by atoms with Crippen LogP contribution in [-0.2, 0) is 20.8 Å². The first-order valence-corrected chi connectivity index (χ1v) is 15.0. The molecule has 3 aromatic carbocycles. The van der Waals surface area contributed by atoms with Gasteiger partial charge in [0.05, 0.1) is 18.7 Å². The summed E-state index contributed by atoms with van der Waals surface area (Å²) in [6.45, 7) is -0.0355. The molecule has 10 nitrogen and oxygen atoms in total. The molecule has 1 aliphatic carbocycles. The highest BCUT2D eigenvalue weighted by molar-refractivity contribution is 5.99. The van der Waals surface area contributed by atoms with Crippen molar-refractivity contribution in [2.75, 3.05) is 41.9 Å². The summed E-state index contributed by atoms with van der Waals surface area (Å²) in [4.78, 5) is 53.4. The Morgan fingerprint density at radius 1 is 0.886 bits per heavy atom. The number of benzene rings is 3. The number of aliphatic carboxylic acids is 1. The molecule has 0 spiro atoms. The van der Waals surface area contributed by atoms with Crippen molar-refractivity contribution < 1.29 is 29.0 Å². The molecule has 3 aromatic rings. The van der Waals surface area contributed by atoms with E-state index in [9.17, 15) is 19.2 Å². The lowest BCUT2D eigenvalue weighted by atomic mass is 9.87. The summed E-state index contributed by atoms with van der Waals surface area (Å²) < 4.78 is 5.98. The van der Waals surface area contributed by atoms with Crippen molar-refractivity contribution in [3.05, 3.63) is 84.4 Å².